The largest absolute Gasteiger partial charge is 0.343 e. The molecule has 2 amide bonds. The van der Waals surface area contributed by atoms with Gasteiger partial charge in [0.1, 0.15) is 6.07 Å². The van der Waals surface area contributed by atoms with Crippen LogP contribution in [0.1, 0.15) is 15.9 Å². The molecular weight excluding hydrogens is 304 g/mol. The fraction of sp³-hybridized carbons (Fsp3) is 0.0625. The summed E-state index contributed by atoms with van der Waals surface area (Å²) in [7, 11) is 0. The third-order valence-corrected chi connectivity index (χ3v) is 2.91. The van der Waals surface area contributed by atoms with Gasteiger partial charge in [0.05, 0.1) is 17.8 Å². The first-order valence-corrected chi connectivity index (χ1v) is 6.53. The third kappa shape index (κ3) is 4.11. The zero-order chi connectivity index (χ0) is 16.8. The summed E-state index contributed by atoms with van der Waals surface area (Å²) >= 11 is 0. The van der Waals surface area contributed by atoms with Crippen LogP contribution >= 0.6 is 0 Å². The fourth-order valence-corrected chi connectivity index (χ4v) is 1.78. The summed E-state index contributed by atoms with van der Waals surface area (Å²) < 4.78 is 25.8. The van der Waals surface area contributed by atoms with Crippen LogP contribution in [0.25, 0.3) is 0 Å². The molecule has 0 aliphatic heterocycles. The Morgan fingerprint density at radius 1 is 1.09 bits per heavy atom. The van der Waals surface area contributed by atoms with Gasteiger partial charge in [-0.25, -0.2) is 8.78 Å². The maximum atomic E-state index is 13.0. The Kier molecular flexibility index (Phi) is 5.00. The molecule has 2 aromatic carbocycles. The van der Waals surface area contributed by atoms with Crippen LogP contribution in [0.15, 0.2) is 42.5 Å². The van der Waals surface area contributed by atoms with Crippen molar-refractivity contribution in [2.45, 2.75) is 0 Å². The highest BCUT2D eigenvalue weighted by Crippen LogP contribution is 2.13. The standard InChI is InChI=1S/C16H11F2N3O2/c17-12-6-5-10(7-13(12)18)16(23)20-9-15(22)21-14-4-2-1-3-11(14)8-19/h1-7H,9H2,(H,20,23)(H,21,22). The van der Waals surface area contributed by atoms with Gasteiger partial charge in [-0.3, -0.25) is 9.59 Å². The molecule has 0 radical (unpaired) electrons. The molecule has 0 aliphatic rings. The van der Waals surface area contributed by atoms with Crippen molar-refractivity contribution in [3.8, 4) is 6.07 Å². The molecule has 0 bridgehead atoms. The average Bonchev–Trinajstić information content (AvgIpc) is 2.55. The molecule has 2 rings (SSSR count). The van der Waals surface area contributed by atoms with E-state index in [1.165, 1.54) is 6.07 Å². The molecule has 2 N–H and O–H groups in total. The minimum Gasteiger partial charge on any atom is -0.343 e. The van der Waals surface area contributed by atoms with Gasteiger partial charge < -0.3 is 10.6 Å². The summed E-state index contributed by atoms with van der Waals surface area (Å²) in [5.41, 5.74) is 0.504. The molecule has 0 atom stereocenters. The van der Waals surface area contributed by atoms with Gasteiger partial charge in [-0.2, -0.15) is 5.26 Å². The predicted octanol–water partition coefficient (Wildman–Crippen LogP) is 2.20. The normalized spacial score (nSPS) is 9.78. The number of rotatable bonds is 4. The monoisotopic (exact) mass is 315 g/mol. The minimum atomic E-state index is -1.15. The molecule has 0 unspecified atom stereocenters. The molecule has 116 valence electrons. The van der Waals surface area contributed by atoms with E-state index in [2.05, 4.69) is 10.6 Å². The molecule has 0 saturated heterocycles. The molecular formula is C16H11F2N3O2. The molecule has 0 heterocycles. The molecule has 0 aromatic heterocycles. The van der Waals surface area contributed by atoms with Crippen molar-refractivity contribution in [1.29, 1.82) is 5.26 Å². The van der Waals surface area contributed by atoms with E-state index in [0.717, 1.165) is 18.2 Å². The zero-order valence-electron chi connectivity index (χ0n) is 11.8. The second-order valence-electron chi connectivity index (χ2n) is 4.52. The van der Waals surface area contributed by atoms with Gasteiger partial charge in [-0.1, -0.05) is 12.1 Å². The fourth-order valence-electron chi connectivity index (χ4n) is 1.78. The van der Waals surface area contributed by atoms with E-state index in [1.54, 1.807) is 18.2 Å². The maximum absolute atomic E-state index is 13.0. The first-order chi connectivity index (χ1) is 11.0. The van der Waals surface area contributed by atoms with Crippen molar-refractivity contribution in [1.82, 2.24) is 5.32 Å². The number of carbonyl (C=O) groups excluding carboxylic acids is 2. The lowest BCUT2D eigenvalue weighted by Crippen LogP contribution is -2.33. The van der Waals surface area contributed by atoms with Gasteiger partial charge in [-0.05, 0) is 30.3 Å². The van der Waals surface area contributed by atoms with E-state index in [9.17, 15) is 18.4 Å². The van der Waals surface area contributed by atoms with Crippen LogP contribution in [-0.2, 0) is 4.79 Å². The summed E-state index contributed by atoms with van der Waals surface area (Å²) in [6.07, 6.45) is 0. The van der Waals surface area contributed by atoms with Gasteiger partial charge in [0.25, 0.3) is 5.91 Å². The highest BCUT2D eigenvalue weighted by Gasteiger charge is 2.12. The Morgan fingerprint density at radius 2 is 1.83 bits per heavy atom. The number of amides is 2. The van der Waals surface area contributed by atoms with Crippen molar-refractivity contribution in [2.75, 3.05) is 11.9 Å². The van der Waals surface area contributed by atoms with Crippen LogP contribution in [0.4, 0.5) is 14.5 Å². The maximum Gasteiger partial charge on any atom is 0.251 e. The lowest BCUT2D eigenvalue weighted by atomic mass is 10.2. The van der Waals surface area contributed by atoms with Crippen molar-refractivity contribution < 1.29 is 18.4 Å². The molecule has 0 saturated carbocycles. The van der Waals surface area contributed by atoms with E-state index in [1.807, 2.05) is 6.07 Å². The molecule has 23 heavy (non-hydrogen) atoms. The summed E-state index contributed by atoms with van der Waals surface area (Å²) in [6, 6.07) is 11.0. The molecule has 0 spiro atoms. The number of halogens is 2. The van der Waals surface area contributed by atoms with E-state index in [0.29, 0.717) is 5.69 Å². The van der Waals surface area contributed by atoms with Gasteiger partial charge >= 0.3 is 0 Å². The van der Waals surface area contributed by atoms with E-state index in [4.69, 9.17) is 5.26 Å². The highest BCUT2D eigenvalue weighted by molar-refractivity contribution is 5.99. The Hall–Kier alpha value is -3.27. The average molecular weight is 315 g/mol. The Morgan fingerprint density at radius 3 is 2.52 bits per heavy atom. The van der Waals surface area contributed by atoms with Crippen LogP contribution in [0.5, 0.6) is 0 Å². The van der Waals surface area contributed by atoms with Crippen molar-refractivity contribution in [3.63, 3.8) is 0 Å². The Balaban J connectivity index is 1.95. The second kappa shape index (κ2) is 7.13. The quantitative estimate of drug-likeness (QED) is 0.907. The number of nitriles is 1. The molecule has 2 aromatic rings. The Bertz CT molecular complexity index is 800. The number of para-hydroxylation sites is 1. The smallest absolute Gasteiger partial charge is 0.251 e. The van der Waals surface area contributed by atoms with Gasteiger partial charge in [0.15, 0.2) is 11.6 Å². The van der Waals surface area contributed by atoms with E-state index >= 15 is 0 Å². The zero-order valence-corrected chi connectivity index (χ0v) is 11.8. The molecule has 0 fully saturated rings. The summed E-state index contributed by atoms with van der Waals surface area (Å²) in [6.45, 7) is -0.377. The number of hydrogen-bond donors (Lipinski definition) is 2. The number of nitrogens with one attached hydrogen (secondary N) is 2. The molecule has 5 nitrogen and oxygen atoms in total. The van der Waals surface area contributed by atoms with Crippen molar-refractivity contribution in [2.24, 2.45) is 0 Å². The Labute approximate surface area is 130 Å². The molecule has 7 heteroatoms. The number of benzene rings is 2. The SMILES string of the molecule is N#Cc1ccccc1NC(=O)CNC(=O)c1ccc(F)c(F)c1. The van der Waals surface area contributed by atoms with Crippen molar-refractivity contribution >= 4 is 17.5 Å². The van der Waals surface area contributed by atoms with E-state index in [-0.39, 0.29) is 17.7 Å². The first-order valence-electron chi connectivity index (χ1n) is 6.53. The summed E-state index contributed by atoms with van der Waals surface area (Å²) in [4.78, 5) is 23.5. The van der Waals surface area contributed by atoms with Gasteiger partial charge in [-0.15, -0.1) is 0 Å². The number of hydrogen-bond acceptors (Lipinski definition) is 3. The summed E-state index contributed by atoms with van der Waals surface area (Å²) in [5.74, 6) is -3.48. The van der Waals surface area contributed by atoms with Crippen LogP contribution in [0.2, 0.25) is 0 Å². The first kappa shape index (κ1) is 16.1. The number of nitrogens with zero attached hydrogens (tertiary/aromatic N) is 1. The van der Waals surface area contributed by atoms with Crippen LogP contribution in [0, 0.1) is 23.0 Å². The topological polar surface area (TPSA) is 82.0 Å². The second-order valence-corrected chi connectivity index (χ2v) is 4.52. The van der Waals surface area contributed by atoms with Gasteiger partial charge in [0, 0.05) is 5.56 Å². The van der Waals surface area contributed by atoms with E-state index < -0.39 is 23.4 Å². The van der Waals surface area contributed by atoms with Crippen LogP contribution in [-0.4, -0.2) is 18.4 Å². The lowest BCUT2D eigenvalue weighted by molar-refractivity contribution is -0.115. The number of anilines is 1. The van der Waals surface area contributed by atoms with Gasteiger partial charge in [0.2, 0.25) is 5.91 Å². The highest BCUT2D eigenvalue weighted by atomic mass is 19.2. The predicted molar refractivity (Wildman–Crippen MR) is 78.5 cm³/mol. The van der Waals surface area contributed by atoms with Crippen LogP contribution in [0.3, 0.4) is 0 Å². The number of carbonyl (C=O) groups is 2. The third-order valence-electron chi connectivity index (χ3n) is 2.91. The van der Waals surface area contributed by atoms with Crippen LogP contribution < -0.4 is 10.6 Å². The van der Waals surface area contributed by atoms with Crippen molar-refractivity contribution in [3.05, 3.63) is 65.2 Å². The summed E-state index contributed by atoms with van der Waals surface area (Å²) in [5, 5.41) is 13.7. The lowest BCUT2D eigenvalue weighted by Gasteiger charge is -2.08. The molecule has 0 aliphatic carbocycles. The minimum absolute atomic E-state index is 0.103.